The molecule has 4 nitrogen and oxygen atoms in total. The number of nitrogens with zero attached hydrogens (tertiary/aromatic N) is 4. The third kappa shape index (κ3) is 3.91. The molecule has 1 aliphatic heterocycles. The van der Waals surface area contributed by atoms with E-state index in [1.54, 1.807) is 0 Å². The Kier molecular flexibility index (Phi) is 5.04. The number of likely N-dealkylation sites (tertiary alicyclic amines) is 1. The van der Waals surface area contributed by atoms with E-state index in [0.717, 1.165) is 41.6 Å². The Bertz CT molecular complexity index is 1100. The van der Waals surface area contributed by atoms with Crippen molar-refractivity contribution in [3.05, 3.63) is 89.2 Å². The summed E-state index contributed by atoms with van der Waals surface area (Å²) in [6.45, 7) is 3.19. The molecule has 29 heavy (non-hydrogen) atoms. The van der Waals surface area contributed by atoms with Gasteiger partial charge in [-0.25, -0.2) is 9.50 Å². The molecule has 0 saturated carbocycles. The quantitative estimate of drug-likeness (QED) is 0.456. The highest BCUT2D eigenvalue weighted by atomic mass is 35.5. The van der Waals surface area contributed by atoms with Gasteiger partial charge in [0, 0.05) is 41.9 Å². The fourth-order valence-corrected chi connectivity index (χ4v) is 4.39. The van der Waals surface area contributed by atoms with Gasteiger partial charge in [0.2, 0.25) is 0 Å². The van der Waals surface area contributed by atoms with E-state index in [1.807, 2.05) is 35.0 Å². The molecule has 1 unspecified atom stereocenters. The number of fused-ring (bicyclic) bond motifs is 1. The lowest BCUT2D eigenvalue weighted by Crippen LogP contribution is -2.34. The molecule has 0 amide bonds. The lowest BCUT2D eigenvalue weighted by atomic mass is 9.94. The molecular formula is C24H23ClN4. The molecular weight excluding hydrogens is 380 g/mol. The zero-order chi connectivity index (χ0) is 19.6. The molecule has 0 aliphatic carbocycles. The summed E-state index contributed by atoms with van der Waals surface area (Å²) in [7, 11) is 0. The highest BCUT2D eigenvalue weighted by molar-refractivity contribution is 6.30. The van der Waals surface area contributed by atoms with E-state index in [0.29, 0.717) is 5.92 Å². The first-order valence-corrected chi connectivity index (χ1v) is 10.5. The first-order valence-electron chi connectivity index (χ1n) is 10.1. The maximum Gasteiger partial charge on any atom is 0.155 e. The molecule has 5 heteroatoms. The van der Waals surface area contributed by atoms with Crippen LogP contribution in [0.4, 0.5) is 0 Å². The molecule has 0 spiro atoms. The van der Waals surface area contributed by atoms with Crippen molar-refractivity contribution in [1.82, 2.24) is 19.5 Å². The smallest absolute Gasteiger partial charge is 0.155 e. The fourth-order valence-electron chi connectivity index (χ4n) is 4.27. The summed E-state index contributed by atoms with van der Waals surface area (Å²) < 4.78 is 2.03. The molecule has 146 valence electrons. The van der Waals surface area contributed by atoms with E-state index in [9.17, 15) is 0 Å². The minimum Gasteiger partial charge on any atom is -0.298 e. The van der Waals surface area contributed by atoms with Crippen LogP contribution in [0, 0.1) is 0 Å². The van der Waals surface area contributed by atoms with Crippen LogP contribution < -0.4 is 0 Å². The average molecular weight is 403 g/mol. The second-order valence-electron chi connectivity index (χ2n) is 7.74. The first-order chi connectivity index (χ1) is 14.3. The van der Waals surface area contributed by atoms with Crippen LogP contribution in [-0.2, 0) is 6.54 Å². The van der Waals surface area contributed by atoms with Crippen LogP contribution in [-0.4, -0.2) is 32.6 Å². The minimum absolute atomic E-state index is 0.455. The van der Waals surface area contributed by atoms with Gasteiger partial charge in [-0.15, -0.1) is 0 Å². The standard InChI is InChI=1S/C24H23ClN4/c25-21-10-8-19(9-11-21)22-15-24-26-13-12-23(29(24)27-22)20-7-4-14-28(17-20)16-18-5-2-1-3-6-18/h1-3,5-6,8-13,15,20H,4,7,14,16-17H2. The summed E-state index contributed by atoms with van der Waals surface area (Å²) in [6.07, 6.45) is 4.29. The monoisotopic (exact) mass is 402 g/mol. The van der Waals surface area contributed by atoms with Gasteiger partial charge in [-0.3, -0.25) is 4.90 Å². The van der Waals surface area contributed by atoms with Gasteiger partial charge in [-0.05, 0) is 43.1 Å². The van der Waals surface area contributed by atoms with Crippen LogP contribution in [0.3, 0.4) is 0 Å². The normalized spacial score (nSPS) is 17.6. The Hall–Kier alpha value is -2.69. The molecule has 4 aromatic rings. The Morgan fingerprint density at radius 1 is 1.00 bits per heavy atom. The lowest BCUT2D eigenvalue weighted by molar-refractivity contribution is 0.197. The van der Waals surface area contributed by atoms with Crippen molar-refractivity contribution in [2.24, 2.45) is 0 Å². The number of hydrogen-bond donors (Lipinski definition) is 0. The van der Waals surface area contributed by atoms with Crippen LogP contribution in [0.25, 0.3) is 16.9 Å². The van der Waals surface area contributed by atoms with Gasteiger partial charge in [0.1, 0.15) is 0 Å². The largest absolute Gasteiger partial charge is 0.298 e. The number of rotatable bonds is 4. The molecule has 2 aromatic heterocycles. The van der Waals surface area contributed by atoms with E-state index in [4.69, 9.17) is 16.7 Å². The zero-order valence-electron chi connectivity index (χ0n) is 16.2. The van der Waals surface area contributed by atoms with Crippen molar-refractivity contribution < 1.29 is 0 Å². The summed E-state index contributed by atoms with van der Waals surface area (Å²) in [6, 6.07) is 22.7. The second kappa shape index (κ2) is 7.97. The van der Waals surface area contributed by atoms with Gasteiger partial charge >= 0.3 is 0 Å². The topological polar surface area (TPSA) is 33.4 Å². The number of aromatic nitrogens is 3. The SMILES string of the molecule is Clc1ccc(-c2cc3nccc(C4CCCN(Cc5ccccc5)C4)n3n2)cc1. The van der Waals surface area contributed by atoms with E-state index < -0.39 is 0 Å². The Morgan fingerprint density at radius 2 is 1.83 bits per heavy atom. The van der Waals surface area contributed by atoms with Crippen molar-refractivity contribution in [2.45, 2.75) is 25.3 Å². The van der Waals surface area contributed by atoms with Crippen LogP contribution >= 0.6 is 11.6 Å². The maximum absolute atomic E-state index is 6.03. The van der Waals surface area contributed by atoms with Gasteiger partial charge in [0.05, 0.1) is 11.4 Å². The predicted molar refractivity (Wildman–Crippen MR) is 117 cm³/mol. The Balaban J connectivity index is 1.42. The van der Waals surface area contributed by atoms with Crippen molar-refractivity contribution >= 4 is 17.2 Å². The van der Waals surface area contributed by atoms with Crippen LogP contribution in [0.1, 0.15) is 30.0 Å². The minimum atomic E-state index is 0.455. The van der Waals surface area contributed by atoms with Crippen LogP contribution in [0.5, 0.6) is 0 Å². The van der Waals surface area contributed by atoms with E-state index >= 15 is 0 Å². The average Bonchev–Trinajstić information content (AvgIpc) is 3.19. The van der Waals surface area contributed by atoms with Gasteiger partial charge < -0.3 is 0 Å². The van der Waals surface area contributed by atoms with Crippen molar-refractivity contribution in [1.29, 1.82) is 0 Å². The van der Waals surface area contributed by atoms with Gasteiger partial charge in [0.15, 0.2) is 5.65 Å². The van der Waals surface area contributed by atoms with Crippen LogP contribution in [0.2, 0.25) is 5.02 Å². The second-order valence-corrected chi connectivity index (χ2v) is 8.17. The number of benzene rings is 2. The summed E-state index contributed by atoms with van der Waals surface area (Å²) >= 11 is 6.03. The first kappa shape index (κ1) is 18.3. The number of halogens is 1. The number of piperidine rings is 1. The van der Waals surface area contributed by atoms with E-state index in [-0.39, 0.29) is 0 Å². The number of hydrogen-bond acceptors (Lipinski definition) is 3. The van der Waals surface area contributed by atoms with Crippen molar-refractivity contribution in [3.8, 4) is 11.3 Å². The molecule has 1 atom stereocenters. The van der Waals surface area contributed by atoms with E-state index in [1.165, 1.54) is 24.1 Å². The third-order valence-corrected chi connectivity index (χ3v) is 5.95. The molecule has 1 aliphatic rings. The third-order valence-electron chi connectivity index (χ3n) is 5.70. The Morgan fingerprint density at radius 3 is 2.66 bits per heavy atom. The van der Waals surface area contributed by atoms with Gasteiger partial charge in [0.25, 0.3) is 0 Å². The molecule has 1 saturated heterocycles. The molecule has 0 radical (unpaired) electrons. The maximum atomic E-state index is 6.03. The highest BCUT2D eigenvalue weighted by Gasteiger charge is 2.24. The van der Waals surface area contributed by atoms with Gasteiger partial charge in [-0.2, -0.15) is 5.10 Å². The zero-order valence-corrected chi connectivity index (χ0v) is 17.0. The highest BCUT2D eigenvalue weighted by Crippen LogP contribution is 2.29. The Labute approximate surface area is 175 Å². The fraction of sp³-hybridized carbons (Fsp3) is 0.250. The van der Waals surface area contributed by atoms with E-state index in [2.05, 4.69) is 52.3 Å². The lowest BCUT2D eigenvalue weighted by Gasteiger charge is -2.33. The predicted octanol–water partition coefficient (Wildman–Crippen LogP) is 5.43. The van der Waals surface area contributed by atoms with Gasteiger partial charge in [-0.1, -0.05) is 54.1 Å². The molecule has 3 heterocycles. The molecule has 0 bridgehead atoms. The molecule has 2 aromatic carbocycles. The van der Waals surface area contributed by atoms with Crippen molar-refractivity contribution in [2.75, 3.05) is 13.1 Å². The van der Waals surface area contributed by atoms with Crippen molar-refractivity contribution in [3.63, 3.8) is 0 Å². The summed E-state index contributed by atoms with van der Waals surface area (Å²) in [5.74, 6) is 0.455. The summed E-state index contributed by atoms with van der Waals surface area (Å²) in [5.41, 5.74) is 5.50. The van der Waals surface area contributed by atoms with Crippen LogP contribution in [0.15, 0.2) is 72.9 Å². The molecule has 5 rings (SSSR count). The molecule has 0 N–H and O–H groups in total. The summed E-state index contributed by atoms with van der Waals surface area (Å²) in [5, 5.41) is 5.62. The summed E-state index contributed by atoms with van der Waals surface area (Å²) in [4.78, 5) is 7.10. The molecule has 1 fully saturated rings.